The van der Waals surface area contributed by atoms with Gasteiger partial charge in [-0.3, -0.25) is 9.78 Å². The van der Waals surface area contributed by atoms with Gasteiger partial charge >= 0.3 is 12.1 Å². The molecule has 0 aromatic carbocycles. The highest BCUT2D eigenvalue weighted by atomic mass is 19.4. The molecule has 1 aromatic heterocycles. The number of halogens is 4. The number of aliphatic carboxylic acids is 1. The molecule has 1 atom stereocenters. The molecule has 0 saturated heterocycles. The molecular formula is C11H10F4N2O3. The average molecular weight is 294 g/mol. The quantitative estimate of drug-likeness (QED) is 0.830. The van der Waals surface area contributed by atoms with Crippen LogP contribution in [0.2, 0.25) is 0 Å². The maximum Gasteiger partial charge on any atom is 0.418 e. The number of carbonyl (C=O) groups is 2. The standard InChI is InChI=1S/C11H10F4N2O3/c1-2-7(10(19)20)17-9(18)8-5(11(13,14)15)3-16-4-6(8)12/h3-4,7H,2H2,1H3,(H,17,18)(H,19,20). The molecule has 2 N–H and O–H groups in total. The van der Waals surface area contributed by atoms with Crippen molar-refractivity contribution in [3.63, 3.8) is 0 Å². The lowest BCUT2D eigenvalue weighted by Crippen LogP contribution is -2.41. The summed E-state index contributed by atoms with van der Waals surface area (Å²) in [5, 5.41) is 10.6. The Balaban J connectivity index is 3.19. The molecule has 1 unspecified atom stereocenters. The molecule has 0 spiro atoms. The van der Waals surface area contributed by atoms with Gasteiger partial charge in [-0.2, -0.15) is 13.2 Å². The maximum absolute atomic E-state index is 13.4. The highest BCUT2D eigenvalue weighted by Crippen LogP contribution is 2.32. The molecule has 20 heavy (non-hydrogen) atoms. The Kier molecular flexibility index (Phi) is 4.64. The van der Waals surface area contributed by atoms with Gasteiger partial charge < -0.3 is 10.4 Å². The van der Waals surface area contributed by atoms with Gasteiger partial charge in [0.1, 0.15) is 6.04 Å². The second-order valence-corrected chi connectivity index (χ2v) is 3.81. The summed E-state index contributed by atoms with van der Waals surface area (Å²) in [5.41, 5.74) is -2.83. The molecule has 0 aliphatic heterocycles. The van der Waals surface area contributed by atoms with Gasteiger partial charge in [0.05, 0.1) is 17.3 Å². The summed E-state index contributed by atoms with van der Waals surface area (Å²) in [5.74, 6) is -4.35. The molecule has 0 saturated carbocycles. The van der Waals surface area contributed by atoms with Gasteiger partial charge in [-0.15, -0.1) is 0 Å². The van der Waals surface area contributed by atoms with Crippen LogP contribution < -0.4 is 5.32 Å². The number of alkyl halides is 3. The molecule has 0 aliphatic rings. The molecule has 110 valence electrons. The second kappa shape index (κ2) is 5.85. The summed E-state index contributed by atoms with van der Waals surface area (Å²) in [7, 11) is 0. The van der Waals surface area contributed by atoms with Crippen molar-refractivity contribution in [2.45, 2.75) is 25.6 Å². The Hall–Kier alpha value is -2.19. The highest BCUT2D eigenvalue weighted by Gasteiger charge is 2.38. The van der Waals surface area contributed by atoms with Crippen molar-refractivity contribution in [2.75, 3.05) is 0 Å². The predicted octanol–water partition coefficient (Wildman–Crippen LogP) is 1.83. The van der Waals surface area contributed by atoms with E-state index in [1.54, 1.807) is 0 Å². The van der Waals surface area contributed by atoms with Crippen LogP contribution in [-0.2, 0) is 11.0 Å². The third-order valence-electron chi connectivity index (χ3n) is 2.44. The number of amides is 1. The van der Waals surface area contributed by atoms with Crippen molar-refractivity contribution in [2.24, 2.45) is 0 Å². The van der Waals surface area contributed by atoms with E-state index in [1.807, 2.05) is 5.32 Å². The number of carboxylic acids is 1. The van der Waals surface area contributed by atoms with E-state index in [1.165, 1.54) is 6.92 Å². The number of nitrogens with zero attached hydrogens (tertiary/aromatic N) is 1. The lowest BCUT2D eigenvalue weighted by molar-refractivity contribution is -0.139. The number of pyridine rings is 1. The van der Waals surface area contributed by atoms with Crippen LogP contribution >= 0.6 is 0 Å². The van der Waals surface area contributed by atoms with Crippen molar-refractivity contribution in [3.05, 3.63) is 29.3 Å². The van der Waals surface area contributed by atoms with Gasteiger partial charge in [-0.1, -0.05) is 6.92 Å². The zero-order valence-corrected chi connectivity index (χ0v) is 10.2. The van der Waals surface area contributed by atoms with Crippen LogP contribution in [0.1, 0.15) is 29.3 Å². The van der Waals surface area contributed by atoms with Gasteiger partial charge in [-0.05, 0) is 6.42 Å². The number of hydrogen-bond acceptors (Lipinski definition) is 3. The summed E-state index contributed by atoms with van der Waals surface area (Å²) >= 11 is 0. The Morgan fingerprint density at radius 3 is 2.45 bits per heavy atom. The summed E-state index contributed by atoms with van der Waals surface area (Å²) < 4.78 is 51.4. The van der Waals surface area contributed by atoms with Crippen molar-refractivity contribution in [1.82, 2.24) is 10.3 Å². The average Bonchev–Trinajstić information content (AvgIpc) is 2.33. The van der Waals surface area contributed by atoms with Crippen LogP contribution in [0.3, 0.4) is 0 Å². The van der Waals surface area contributed by atoms with Crippen molar-refractivity contribution < 1.29 is 32.3 Å². The van der Waals surface area contributed by atoms with E-state index in [0.29, 0.717) is 12.4 Å². The van der Waals surface area contributed by atoms with Gasteiger partial charge in [0.15, 0.2) is 5.82 Å². The van der Waals surface area contributed by atoms with E-state index in [-0.39, 0.29) is 6.42 Å². The molecule has 1 rings (SSSR count). The largest absolute Gasteiger partial charge is 0.480 e. The molecule has 1 amide bonds. The van der Waals surface area contributed by atoms with E-state index in [9.17, 15) is 27.2 Å². The minimum absolute atomic E-state index is 0.0604. The van der Waals surface area contributed by atoms with Crippen molar-refractivity contribution in [1.29, 1.82) is 0 Å². The normalized spacial score (nSPS) is 12.8. The Morgan fingerprint density at radius 2 is 2.00 bits per heavy atom. The Bertz CT molecular complexity index is 531. The first-order valence-corrected chi connectivity index (χ1v) is 5.42. The summed E-state index contributed by atoms with van der Waals surface area (Å²) in [4.78, 5) is 25.4. The SMILES string of the molecule is CCC(NC(=O)c1c(F)cncc1C(F)(F)F)C(=O)O. The highest BCUT2D eigenvalue weighted by molar-refractivity contribution is 5.98. The molecule has 0 fully saturated rings. The van der Waals surface area contributed by atoms with E-state index in [2.05, 4.69) is 4.98 Å². The molecule has 1 heterocycles. The summed E-state index contributed by atoms with van der Waals surface area (Å²) in [6, 6.07) is -1.41. The van der Waals surface area contributed by atoms with Crippen LogP contribution in [0, 0.1) is 5.82 Å². The molecule has 5 nitrogen and oxygen atoms in total. The fraction of sp³-hybridized carbons (Fsp3) is 0.364. The second-order valence-electron chi connectivity index (χ2n) is 3.81. The lowest BCUT2D eigenvalue weighted by atomic mass is 10.1. The Morgan fingerprint density at radius 1 is 1.40 bits per heavy atom. The van der Waals surface area contributed by atoms with E-state index in [4.69, 9.17) is 5.11 Å². The van der Waals surface area contributed by atoms with Crippen LogP contribution in [-0.4, -0.2) is 28.0 Å². The van der Waals surface area contributed by atoms with Crippen LogP contribution in [0.5, 0.6) is 0 Å². The molecule has 1 aromatic rings. The van der Waals surface area contributed by atoms with Gasteiger partial charge in [0.2, 0.25) is 0 Å². The van der Waals surface area contributed by atoms with Crippen molar-refractivity contribution >= 4 is 11.9 Å². The predicted molar refractivity (Wildman–Crippen MR) is 58.4 cm³/mol. The third kappa shape index (κ3) is 3.43. The molecule has 0 aliphatic carbocycles. The summed E-state index contributed by atoms with van der Waals surface area (Å²) in [6.07, 6.45) is -4.28. The number of hydrogen-bond donors (Lipinski definition) is 2. The minimum Gasteiger partial charge on any atom is -0.480 e. The molecular weight excluding hydrogens is 284 g/mol. The smallest absolute Gasteiger partial charge is 0.418 e. The molecule has 9 heteroatoms. The van der Waals surface area contributed by atoms with Gasteiger partial charge in [0.25, 0.3) is 5.91 Å². The molecule has 0 bridgehead atoms. The van der Waals surface area contributed by atoms with E-state index >= 15 is 0 Å². The first-order chi connectivity index (χ1) is 9.18. The Labute approximate surface area is 110 Å². The molecule has 0 radical (unpaired) electrons. The van der Waals surface area contributed by atoms with Gasteiger partial charge in [0, 0.05) is 6.20 Å². The topological polar surface area (TPSA) is 79.3 Å². The van der Waals surface area contributed by atoms with Crippen molar-refractivity contribution in [3.8, 4) is 0 Å². The van der Waals surface area contributed by atoms with Crippen LogP contribution in [0.4, 0.5) is 17.6 Å². The monoisotopic (exact) mass is 294 g/mol. The summed E-state index contributed by atoms with van der Waals surface area (Å²) in [6.45, 7) is 1.41. The first kappa shape index (κ1) is 15.9. The minimum atomic E-state index is -4.98. The van der Waals surface area contributed by atoms with Crippen LogP contribution in [0.25, 0.3) is 0 Å². The zero-order chi connectivity index (χ0) is 15.5. The fourth-order valence-electron chi connectivity index (χ4n) is 1.45. The first-order valence-electron chi connectivity index (χ1n) is 5.42. The number of aromatic nitrogens is 1. The lowest BCUT2D eigenvalue weighted by Gasteiger charge is -2.16. The number of carboxylic acid groups (broad SMARTS) is 1. The van der Waals surface area contributed by atoms with E-state index in [0.717, 1.165) is 0 Å². The van der Waals surface area contributed by atoms with E-state index < -0.39 is 41.0 Å². The van der Waals surface area contributed by atoms with Crippen LogP contribution in [0.15, 0.2) is 12.4 Å². The number of rotatable bonds is 4. The van der Waals surface area contributed by atoms with Gasteiger partial charge in [-0.25, -0.2) is 9.18 Å². The number of nitrogens with one attached hydrogen (secondary N) is 1. The third-order valence-corrected chi connectivity index (χ3v) is 2.44. The zero-order valence-electron chi connectivity index (χ0n) is 10.2. The fourth-order valence-corrected chi connectivity index (χ4v) is 1.45. The maximum atomic E-state index is 13.4. The number of carbonyl (C=O) groups excluding carboxylic acids is 1.